The number of hydrogen-bond donors (Lipinski definition) is 0. The Balaban J connectivity index is 3.64. The fourth-order valence-electron chi connectivity index (χ4n) is 3.13. The fraction of sp³-hybridized carbons (Fsp3) is 0.700. The lowest BCUT2D eigenvalue weighted by Crippen LogP contribution is -2.74. The molecular formula is C20H39NO6Si2. The van der Waals surface area contributed by atoms with Gasteiger partial charge in [0, 0.05) is 46.2 Å². The van der Waals surface area contributed by atoms with Crippen molar-refractivity contribution in [3.8, 4) is 0 Å². The Morgan fingerprint density at radius 2 is 0.966 bits per heavy atom. The zero-order valence-electron chi connectivity index (χ0n) is 19.2. The average molecular weight is 446 g/mol. The van der Waals surface area contributed by atoms with E-state index >= 15 is 0 Å². The molecule has 0 aliphatic heterocycles. The molecule has 0 bridgehead atoms. The lowest BCUT2D eigenvalue weighted by Gasteiger charge is -2.44. The van der Waals surface area contributed by atoms with Crippen LogP contribution < -0.4 is 0 Å². The van der Waals surface area contributed by atoms with E-state index in [1.165, 1.54) is 0 Å². The minimum atomic E-state index is -3.36. The second kappa shape index (κ2) is 13.6. The molecule has 0 aliphatic rings. The summed E-state index contributed by atoms with van der Waals surface area (Å²) in [7, 11) is -6.72. The normalized spacial score (nSPS) is 12.7. The van der Waals surface area contributed by atoms with Crippen molar-refractivity contribution in [1.29, 1.82) is 0 Å². The molecule has 9 heteroatoms. The minimum Gasteiger partial charge on any atom is -0.362 e. The number of aryl methyl sites for hydroxylation is 1. The van der Waals surface area contributed by atoms with Crippen LogP contribution >= 0.6 is 0 Å². The first kappa shape index (κ1) is 26.4. The van der Waals surface area contributed by atoms with Crippen molar-refractivity contribution in [2.45, 2.75) is 55.0 Å². The van der Waals surface area contributed by atoms with E-state index < -0.39 is 17.9 Å². The Labute approximate surface area is 179 Å². The number of benzene rings is 1. The quantitative estimate of drug-likeness (QED) is 0.358. The van der Waals surface area contributed by atoms with Crippen LogP contribution in [0.5, 0.6) is 0 Å². The summed E-state index contributed by atoms with van der Waals surface area (Å²) in [4.78, 5) is 0. The van der Waals surface area contributed by atoms with Gasteiger partial charge in [0.2, 0.25) is 0 Å². The third-order valence-corrected chi connectivity index (χ3v) is 11.4. The molecule has 0 saturated heterocycles. The monoisotopic (exact) mass is 445 g/mol. The van der Waals surface area contributed by atoms with Crippen LogP contribution in [0.15, 0.2) is 24.3 Å². The standard InChI is InChI=1S/C20H39NO6Si2/c1-8-22-28(23-9-2,24-10-3)21(18-20-17-15-14-16-19(20)7)29(25-11-4,26-12-5)27-13-6/h14-17H,8-13,18H2,1-7H3. The molecule has 0 aromatic heterocycles. The Bertz CT molecular complexity index is 518. The molecule has 29 heavy (non-hydrogen) atoms. The highest BCUT2D eigenvalue weighted by Crippen LogP contribution is 2.29. The number of hydrogen-bond acceptors (Lipinski definition) is 7. The van der Waals surface area contributed by atoms with Gasteiger partial charge >= 0.3 is 17.9 Å². The molecule has 7 nitrogen and oxygen atoms in total. The zero-order valence-corrected chi connectivity index (χ0v) is 21.2. The van der Waals surface area contributed by atoms with Crippen LogP contribution in [0.3, 0.4) is 0 Å². The van der Waals surface area contributed by atoms with Gasteiger partial charge in [0.1, 0.15) is 0 Å². The van der Waals surface area contributed by atoms with Gasteiger partial charge in [0.15, 0.2) is 0 Å². The maximum atomic E-state index is 6.24. The van der Waals surface area contributed by atoms with Crippen molar-refractivity contribution in [3.05, 3.63) is 35.4 Å². The predicted molar refractivity (Wildman–Crippen MR) is 118 cm³/mol. The molecule has 1 aromatic rings. The smallest absolute Gasteiger partial charge is 0.362 e. The molecule has 0 N–H and O–H groups in total. The molecule has 0 atom stereocenters. The van der Waals surface area contributed by atoms with Crippen molar-refractivity contribution in [2.24, 2.45) is 0 Å². The molecule has 168 valence electrons. The van der Waals surface area contributed by atoms with E-state index in [4.69, 9.17) is 26.6 Å². The van der Waals surface area contributed by atoms with Gasteiger partial charge in [0.25, 0.3) is 0 Å². The molecule has 0 fully saturated rings. The van der Waals surface area contributed by atoms with Gasteiger partial charge in [-0.3, -0.25) is 0 Å². The van der Waals surface area contributed by atoms with Gasteiger partial charge in [-0.25, -0.2) is 4.23 Å². The summed E-state index contributed by atoms with van der Waals surface area (Å²) in [5.41, 5.74) is 2.29. The van der Waals surface area contributed by atoms with Crippen molar-refractivity contribution < 1.29 is 26.6 Å². The van der Waals surface area contributed by atoms with E-state index in [0.717, 1.165) is 11.1 Å². The molecular weight excluding hydrogens is 406 g/mol. The summed E-state index contributed by atoms with van der Waals surface area (Å²) >= 11 is 0. The highest BCUT2D eigenvalue weighted by molar-refractivity contribution is 6.75. The highest BCUT2D eigenvalue weighted by atomic mass is 28.5. The lowest BCUT2D eigenvalue weighted by molar-refractivity contribution is -0.0214. The molecule has 0 amide bonds. The Morgan fingerprint density at radius 1 is 0.621 bits per heavy atom. The van der Waals surface area contributed by atoms with Crippen LogP contribution in [0.2, 0.25) is 0 Å². The minimum absolute atomic E-state index is 0.450. The van der Waals surface area contributed by atoms with Crippen molar-refractivity contribution in [2.75, 3.05) is 39.6 Å². The van der Waals surface area contributed by atoms with Gasteiger partial charge in [-0.05, 0) is 59.6 Å². The first-order chi connectivity index (χ1) is 14.0. The fourth-order valence-corrected chi connectivity index (χ4v) is 9.99. The van der Waals surface area contributed by atoms with E-state index in [0.29, 0.717) is 46.2 Å². The van der Waals surface area contributed by atoms with Gasteiger partial charge in [0.05, 0.1) is 0 Å². The van der Waals surface area contributed by atoms with Crippen molar-refractivity contribution in [3.63, 3.8) is 0 Å². The van der Waals surface area contributed by atoms with Crippen LogP contribution in [0, 0.1) is 6.92 Å². The van der Waals surface area contributed by atoms with Gasteiger partial charge < -0.3 is 26.6 Å². The number of rotatable bonds is 16. The molecule has 0 unspecified atom stereocenters. The molecule has 0 heterocycles. The molecule has 0 saturated carbocycles. The van der Waals surface area contributed by atoms with Crippen molar-refractivity contribution in [1.82, 2.24) is 4.23 Å². The summed E-state index contributed by atoms with van der Waals surface area (Å²) < 4.78 is 39.5. The lowest BCUT2D eigenvalue weighted by atomic mass is 10.1. The zero-order chi connectivity index (χ0) is 21.8. The van der Waals surface area contributed by atoms with Crippen LogP contribution in [0.25, 0.3) is 0 Å². The van der Waals surface area contributed by atoms with Crippen LogP contribution in [0.1, 0.15) is 52.7 Å². The second-order valence-electron chi connectivity index (χ2n) is 6.16. The Hall–Kier alpha value is -0.626. The topological polar surface area (TPSA) is 58.6 Å². The maximum Gasteiger partial charge on any atom is 0.598 e. The van der Waals surface area contributed by atoms with E-state index in [9.17, 15) is 0 Å². The molecule has 0 aliphatic carbocycles. The van der Waals surface area contributed by atoms with Crippen LogP contribution in [0.4, 0.5) is 0 Å². The molecule has 1 aromatic carbocycles. The third kappa shape index (κ3) is 6.95. The molecule has 1 rings (SSSR count). The van der Waals surface area contributed by atoms with Gasteiger partial charge in [-0.15, -0.1) is 0 Å². The van der Waals surface area contributed by atoms with E-state index in [1.54, 1.807) is 0 Å². The first-order valence-electron chi connectivity index (χ1n) is 10.6. The second-order valence-corrected chi connectivity index (χ2v) is 11.5. The van der Waals surface area contributed by atoms with E-state index in [-0.39, 0.29) is 0 Å². The van der Waals surface area contributed by atoms with Gasteiger partial charge in [-0.2, -0.15) is 0 Å². The maximum absolute atomic E-state index is 6.24. The van der Waals surface area contributed by atoms with E-state index in [1.807, 2.05) is 57.9 Å². The largest absolute Gasteiger partial charge is 0.598 e. The molecule has 0 spiro atoms. The van der Waals surface area contributed by atoms with Crippen LogP contribution in [-0.2, 0) is 33.1 Å². The summed E-state index contributed by atoms with van der Waals surface area (Å²) in [5.74, 6) is 0. The van der Waals surface area contributed by atoms with Gasteiger partial charge in [-0.1, -0.05) is 24.3 Å². The number of nitrogens with zero attached hydrogens (tertiary/aromatic N) is 1. The highest BCUT2D eigenvalue weighted by Gasteiger charge is 2.64. The van der Waals surface area contributed by atoms with Crippen LogP contribution in [-0.4, -0.2) is 61.8 Å². The summed E-state index contributed by atoms with van der Waals surface area (Å²) in [5, 5.41) is 0. The SMILES string of the molecule is CCO[Si](OCC)(OCC)N(Cc1ccccc1C)[Si](OCC)(OCC)OCC. The van der Waals surface area contributed by atoms with Crippen molar-refractivity contribution >= 4 is 17.9 Å². The average Bonchev–Trinajstić information content (AvgIpc) is 2.68. The molecule has 0 radical (unpaired) electrons. The predicted octanol–water partition coefficient (Wildman–Crippen LogP) is 3.89. The Kier molecular flexibility index (Phi) is 12.4. The van der Waals surface area contributed by atoms with E-state index in [2.05, 4.69) is 19.1 Å². The summed E-state index contributed by atoms with van der Waals surface area (Å²) in [6.07, 6.45) is 0. The summed E-state index contributed by atoms with van der Waals surface area (Å²) in [6, 6.07) is 8.23. The Morgan fingerprint density at radius 3 is 1.28 bits per heavy atom. The first-order valence-corrected chi connectivity index (χ1v) is 14.0. The summed E-state index contributed by atoms with van der Waals surface area (Å²) in [6.45, 7) is 16.9. The third-order valence-electron chi connectivity index (χ3n) is 4.21.